The zero-order valence-corrected chi connectivity index (χ0v) is 15.9. The van der Waals surface area contributed by atoms with Crippen molar-refractivity contribution in [3.8, 4) is 11.1 Å². The molecule has 28 heavy (non-hydrogen) atoms. The number of fused-ring (bicyclic) bond motifs is 1. The van der Waals surface area contributed by atoms with E-state index in [9.17, 15) is 12.8 Å². The molecule has 0 unspecified atom stereocenters. The van der Waals surface area contributed by atoms with Crippen LogP contribution in [0.5, 0.6) is 0 Å². The number of para-hydroxylation sites is 1. The van der Waals surface area contributed by atoms with Crippen LogP contribution in [0.2, 0.25) is 0 Å². The zero-order chi connectivity index (χ0) is 19.7. The van der Waals surface area contributed by atoms with E-state index in [2.05, 4.69) is 4.98 Å². The summed E-state index contributed by atoms with van der Waals surface area (Å²) in [7, 11) is -2.44. The fourth-order valence-corrected chi connectivity index (χ4v) is 4.62. The largest absolute Gasteiger partial charge is 0.269 e. The van der Waals surface area contributed by atoms with Gasteiger partial charge in [-0.25, -0.2) is 12.8 Å². The summed E-state index contributed by atoms with van der Waals surface area (Å²) in [5.41, 5.74) is 2.27. The molecule has 0 aliphatic rings. The van der Waals surface area contributed by atoms with E-state index in [0.29, 0.717) is 5.69 Å². The second-order valence-corrected chi connectivity index (χ2v) is 8.24. The minimum Gasteiger partial charge on any atom is -0.269 e. The Labute approximate surface area is 162 Å². The number of nitrogens with zero attached hydrogens (tertiary/aromatic N) is 2. The first-order chi connectivity index (χ1) is 13.5. The molecule has 0 saturated heterocycles. The van der Waals surface area contributed by atoms with Crippen LogP contribution in [0.1, 0.15) is 0 Å². The summed E-state index contributed by atoms with van der Waals surface area (Å²) in [4.78, 5) is 4.01. The molecule has 4 nitrogen and oxygen atoms in total. The second-order valence-electron chi connectivity index (χ2n) is 6.30. The standard InChI is InChI=1S/C22H17FN2O2S/c1-25(20-12-6-5-10-17(20)16-8-3-2-4-9-16)28(26,27)21-14-13-19(23)22-18(21)11-7-15-24-22/h2-15H,1H3. The minimum absolute atomic E-state index is 0.0161. The lowest BCUT2D eigenvalue weighted by Crippen LogP contribution is -2.27. The van der Waals surface area contributed by atoms with Gasteiger partial charge in [0.25, 0.3) is 10.0 Å². The molecule has 0 spiro atoms. The van der Waals surface area contributed by atoms with Crippen molar-refractivity contribution < 1.29 is 12.8 Å². The average Bonchev–Trinajstić information content (AvgIpc) is 2.74. The Morgan fingerprint density at radius 3 is 2.36 bits per heavy atom. The molecule has 1 heterocycles. The zero-order valence-electron chi connectivity index (χ0n) is 15.1. The maximum atomic E-state index is 14.1. The molecular weight excluding hydrogens is 375 g/mol. The number of anilines is 1. The van der Waals surface area contributed by atoms with Gasteiger partial charge in [0.2, 0.25) is 0 Å². The molecule has 0 fully saturated rings. The summed E-state index contributed by atoms with van der Waals surface area (Å²) in [5.74, 6) is -0.554. The first-order valence-electron chi connectivity index (χ1n) is 8.67. The molecule has 1 aromatic heterocycles. The van der Waals surface area contributed by atoms with Crippen LogP contribution >= 0.6 is 0 Å². The Balaban J connectivity index is 1.88. The number of sulfonamides is 1. The topological polar surface area (TPSA) is 50.3 Å². The van der Waals surface area contributed by atoms with Crippen molar-refractivity contribution in [2.24, 2.45) is 0 Å². The molecular formula is C22H17FN2O2S. The predicted octanol–water partition coefficient (Wildman–Crippen LogP) is 4.87. The third-order valence-corrected chi connectivity index (χ3v) is 6.48. The highest BCUT2D eigenvalue weighted by atomic mass is 32.2. The van der Waals surface area contributed by atoms with Crippen LogP contribution in [-0.2, 0) is 10.0 Å². The summed E-state index contributed by atoms with van der Waals surface area (Å²) >= 11 is 0. The van der Waals surface area contributed by atoms with E-state index in [4.69, 9.17) is 0 Å². The highest BCUT2D eigenvalue weighted by molar-refractivity contribution is 7.93. The number of rotatable bonds is 4. The van der Waals surface area contributed by atoms with E-state index in [-0.39, 0.29) is 15.8 Å². The third-order valence-electron chi connectivity index (χ3n) is 4.65. The van der Waals surface area contributed by atoms with Gasteiger partial charge >= 0.3 is 0 Å². The maximum absolute atomic E-state index is 14.1. The van der Waals surface area contributed by atoms with Crippen LogP contribution in [0.15, 0.2) is 90.0 Å². The molecule has 0 N–H and O–H groups in total. The average molecular weight is 392 g/mol. The fourth-order valence-electron chi connectivity index (χ4n) is 3.22. The van der Waals surface area contributed by atoms with E-state index in [0.717, 1.165) is 17.2 Å². The van der Waals surface area contributed by atoms with Crippen LogP contribution in [0.3, 0.4) is 0 Å². The van der Waals surface area contributed by atoms with Gasteiger partial charge in [-0.3, -0.25) is 9.29 Å². The summed E-state index contributed by atoms with van der Waals surface area (Å²) in [6.07, 6.45) is 1.44. The van der Waals surface area contributed by atoms with Crippen LogP contribution in [0.4, 0.5) is 10.1 Å². The van der Waals surface area contributed by atoms with Gasteiger partial charge in [-0.1, -0.05) is 48.5 Å². The van der Waals surface area contributed by atoms with Crippen molar-refractivity contribution in [2.75, 3.05) is 11.4 Å². The van der Waals surface area contributed by atoms with Gasteiger partial charge < -0.3 is 0 Å². The first-order valence-corrected chi connectivity index (χ1v) is 10.1. The number of hydrogen-bond donors (Lipinski definition) is 0. The van der Waals surface area contributed by atoms with Crippen molar-refractivity contribution in [3.05, 3.63) is 90.9 Å². The Bertz CT molecular complexity index is 1260. The van der Waals surface area contributed by atoms with E-state index >= 15 is 0 Å². The van der Waals surface area contributed by atoms with Crippen LogP contribution < -0.4 is 4.31 Å². The molecule has 0 radical (unpaired) electrons. The van der Waals surface area contributed by atoms with Crippen molar-refractivity contribution >= 4 is 26.6 Å². The normalized spacial score (nSPS) is 11.5. The van der Waals surface area contributed by atoms with Gasteiger partial charge in [0.05, 0.1) is 10.6 Å². The number of hydrogen-bond acceptors (Lipinski definition) is 3. The van der Waals surface area contributed by atoms with Gasteiger partial charge in [-0.05, 0) is 35.9 Å². The number of halogens is 1. The number of benzene rings is 3. The molecule has 6 heteroatoms. The van der Waals surface area contributed by atoms with Gasteiger partial charge in [-0.15, -0.1) is 0 Å². The number of pyridine rings is 1. The van der Waals surface area contributed by atoms with Crippen molar-refractivity contribution in [1.82, 2.24) is 4.98 Å². The fraction of sp³-hybridized carbons (Fsp3) is 0.0455. The lowest BCUT2D eigenvalue weighted by Gasteiger charge is -2.23. The van der Waals surface area contributed by atoms with Crippen molar-refractivity contribution in [3.63, 3.8) is 0 Å². The monoisotopic (exact) mass is 392 g/mol. The van der Waals surface area contributed by atoms with Crippen LogP contribution in [0.25, 0.3) is 22.0 Å². The summed E-state index contributed by atoms with van der Waals surface area (Å²) in [5, 5.41) is 0.256. The quantitative estimate of drug-likeness (QED) is 0.498. The summed E-state index contributed by atoms with van der Waals surface area (Å²) < 4.78 is 42.2. The Morgan fingerprint density at radius 1 is 0.857 bits per heavy atom. The van der Waals surface area contributed by atoms with Crippen LogP contribution in [-0.4, -0.2) is 20.4 Å². The number of aromatic nitrogens is 1. The van der Waals surface area contributed by atoms with Crippen molar-refractivity contribution in [2.45, 2.75) is 4.90 Å². The highest BCUT2D eigenvalue weighted by Crippen LogP contribution is 2.34. The maximum Gasteiger partial charge on any atom is 0.264 e. The highest BCUT2D eigenvalue weighted by Gasteiger charge is 2.26. The predicted molar refractivity (Wildman–Crippen MR) is 109 cm³/mol. The smallest absolute Gasteiger partial charge is 0.264 e. The molecule has 4 rings (SSSR count). The van der Waals surface area contributed by atoms with E-state index in [1.54, 1.807) is 24.3 Å². The molecule has 140 valence electrons. The van der Waals surface area contributed by atoms with Crippen molar-refractivity contribution in [1.29, 1.82) is 0 Å². The second kappa shape index (κ2) is 7.05. The Kier molecular flexibility index (Phi) is 4.57. The molecule has 0 aliphatic carbocycles. The molecule has 0 amide bonds. The van der Waals surface area contributed by atoms with E-state index in [1.807, 2.05) is 42.5 Å². The van der Waals surface area contributed by atoms with Gasteiger partial charge in [0.1, 0.15) is 11.3 Å². The first kappa shape index (κ1) is 18.1. The Morgan fingerprint density at radius 2 is 1.57 bits per heavy atom. The SMILES string of the molecule is CN(c1ccccc1-c1ccccc1)S(=O)(=O)c1ccc(F)c2ncccc12. The van der Waals surface area contributed by atoms with Gasteiger partial charge in [0.15, 0.2) is 0 Å². The Hall–Kier alpha value is -3.25. The molecule has 4 aromatic rings. The summed E-state index contributed by atoms with van der Waals surface area (Å²) in [6.45, 7) is 0. The molecule has 0 atom stereocenters. The third kappa shape index (κ3) is 3.01. The summed E-state index contributed by atoms with van der Waals surface area (Å²) in [6, 6.07) is 22.4. The molecule has 0 aliphatic heterocycles. The minimum atomic E-state index is -3.94. The molecule has 0 saturated carbocycles. The lowest BCUT2D eigenvalue weighted by atomic mass is 10.0. The van der Waals surface area contributed by atoms with Crippen LogP contribution in [0, 0.1) is 5.82 Å². The van der Waals surface area contributed by atoms with E-state index < -0.39 is 15.8 Å². The van der Waals surface area contributed by atoms with Gasteiger partial charge in [-0.2, -0.15) is 0 Å². The molecule has 3 aromatic carbocycles. The molecule has 0 bridgehead atoms. The van der Waals surface area contributed by atoms with Gasteiger partial charge in [0, 0.05) is 24.2 Å². The lowest BCUT2D eigenvalue weighted by molar-refractivity contribution is 0.594. The van der Waals surface area contributed by atoms with E-state index in [1.165, 1.54) is 23.6 Å².